The molecule has 0 unspecified atom stereocenters. The van der Waals surface area contributed by atoms with Crippen LogP contribution in [0.2, 0.25) is 0 Å². The van der Waals surface area contributed by atoms with E-state index >= 15 is 0 Å². The molecule has 0 aliphatic carbocycles. The van der Waals surface area contributed by atoms with Gasteiger partial charge in [-0.05, 0) is 27.6 Å². The summed E-state index contributed by atoms with van der Waals surface area (Å²) in [5, 5.41) is 8.62. The van der Waals surface area contributed by atoms with Crippen molar-refractivity contribution in [2.24, 2.45) is 0 Å². The van der Waals surface area contributed by atoms with Crippen molar-refractivity contribution >= 4 is 22.0 Å². The second-order valence-corrected chi connectivity index (χ2v) is 2.82. The molecule has 0 saturated carbocycles. The van der Waals surface area contributed by atoms with Crippen LogP contribution in [0.3, 0.4) is 0 Å². The van der Waals surface area contributed by atoms with E-state index in [0.29, 0.717) is 5.56 Å². The highest BCUT2D eigenvalue weighted by Gasteiger charge is 2.00. The second kappa shape index (κ2) is 3.36. The molecular formula is C9H6BrN. The molecule has 0 aromatic heterocycles. The van der Waals surface area contributed by atoms with Gasteiger partial charge in [0.1, 0.15) is 6.07 Å². The van der Waals surface area contributed by atoms with Gasteiger partial charge in [-0.1, -0.05) is 24.8 Å². The maximum absolute atomic E-state index is 8.62. The fourth-order valence-electron chi connectivity index (χ4n) is 0.794. The van der Waals surface area contributed by atoms with Crippen LogP contribution >= 0.6 is 15.9 Å². The van der Waals surface area contributed by atoms with Crippen molar-refractivity contribution in [1.82, 2.24) is 0 Å². The Bertz CT molecular complexity index is 323. The molecule has 0 radical (unpaired) electrons. The second-order valence-electron chi connectivity index (χ2n) is 2.02. The molecule has 2 heteroatoms. The summed E-state index contributed by atoms with van der Waals surface area (Å²) in [4.78, 5) is 0. The molecular weight excluding hydrogens is 202 g/mol. The fraction of sp³-hybridized carbons (Fsp3) is 0. The third-order valence-electron chi connectivity index (χ3n) is 1.37. The molecule has 11 heavy (non-hydrogen) atoms. The van der Waals surface area contributed by atoms with E-state index in [0.717, 1.165) is 10.0 Å². The fourth-order valence-corrected chi connectivity index (χ4v) is 1.31. The summed E-state index contributed by atoms with van der Waals surface area (Å²) in [7, 11) is 0. The molecule has 0 amide bonds. The van der Waals surface area contributed by atoms with E-state index in [9.17, 15) is 0 Å². The Morgan fingerprint density at radius 3 is 2.82 bits per heavy atom. The van der Waals surface area contributed by atoms with Gasteiger partial charge in [0.15, 0.2) is 0 Å². The molecule has 0 spiro atoms. The highest BCUT2D eigenvalue weighted by molar-refractivity contribution is 9.10. The van der Waals surface area contributed by atoms with Crippen molar-refractivity contribution in [1.29, 1.82) is 5.26 Å². The standard InChI is InChI=1S/C9H6BrN/c1-2-7-4-3-5-8(6-11)9(7)10/h2-5H,1H2. The summed E-state index contributed by atoms with van der Waals surface area (Å²) in [6, 6.07) is 7.57. The number of nitrogens with zero attached hydrogens (tertiary/aromatic N) is 1. The Balaban J connectivity index is 3.34. The Morgan fingerprint density at radius 2 is 2.27 bits per heavy atom. The molecule has 0 saturated heterocycles. The van der Waals surface area contributed by atoms with Crippen molar-refractivity contribution in [3.05, 3.63) is 40.4 Å². The van der Waals surface area contributed by atoms with Crippen LogP contribution in [-0.2, 0) is 0 Å². The lowest BCUT2D eigenvalue weighted by atomic mass is 10.1. The molecule has 0 bridgehead atoms. The first kappa shape index (κ1) is 8.03. The summed E-state index contributed by atoms with van der Waals surface area (Å²) in [6.45, 7) is 3.63. The molecule has 1 nitrogen and oxygen atoms in total. The lowest BCUT2D eigenvalue weighted by Gasteiger charge is -1.97. The van der Waals surface area contributed by atoms with Gasteiger partial charge in [-0.2, -0.15) is 5.26 Å². The van der Waals surface area contributed by atoms with E-state index in [2.05, 4.69) is 28.6 Å². The third-order valence-corrected chi connectivity index (χ3v) is 2.25. The van der Waals surface area contributed by atoms with E-state index in [1.165, 1.54) is 0 Å². The summed E-state index contributed by atoms with van der Waals surface area (Å²) < 4.78 is 0.817. The normalized spacial score (nSPS) is 8.73. The van der Waals surface area contributed by atoms with Gasteiger partial charge in [0.2, 0.25) is 0 Å². The number of hydrogen-bond donors (Lipinski definition) is 0. The average molecular weight is 208 g/mol. The van der Waals surface area contributed by atoms with Gasteiger partial charge in [0.05, 0.1) is 5.56 Å². The zero-order valence-corrected chi connectivity index (χ0v) is 7.43. The van der Waals surface area contributed by atoms with Gasteiger partial charge in [0, 0.05) is 4.47 Å². The van der Waals surface area contributed by atoms with Crippen molar-refractivity contribution < 1.29 is 0 Å². The molecule has 0 N–H and O–H groups in total. The van der Waals surface area contributed by atoms with Gasteiger partial charge in [-0.25, -0.2) is 0 Å². The molecule has 0 aliphatic rings. The maximum atomic E-state index is 8.62. The lowest BCUT2D eigenvalue weighted by molar-refractivity contribution is 1.46. The predicted octanol–water partition coefficient (Wildman–Crippen LogP) is 2.96. The third kappa shape index (κ3) is 1.50. The van der Waals surface area contributed by atoms with Gasteiger partial charge >= 0.3 is 0 Å². The van der Waals surface area contributed by atoms with Crippen LogP contribution in [0.4, 0.5) is 0 Å². The summed E-state index contributed by atoms with van der Waals surface area (Å²) in [5.74, 6) is 0. The van der Waals surface area contributed by atoms with Crippen molar-refractivity contribution in [2.75, 3.05) is 0 Å². The van der Waals surface area contributed by atoms with Gasteiger partial charge < -0.3 is 0 Å². The van der Waals surface area contributed by atoms with Crippen LogP contribution in [0, 0.1) is 11.3 Å². The Morgan fingerprint density at radius 1 is 1.55 bits per heavy atom. The first-order valence-electron chi connectivity index (χ1n) is 3.10. The molecule has 0 atom stereocenters. The smallest absolute Gasteiger partial charge is 0.100 e. The molecule has 54 valence electrons. The van der Waals surface area contributed by atoms with Crippen LogP contribution < -0.4 is 0 Å². The monoisotopic (exact) mass is 207 g/mol. The maximum Gasteiger partial charge on any atom is 0.100 e. The van der Waals surface area contributed by atoms with Crippen molar-refractivity contribution in [2.45, 2.75) is 0 Å². The summed E-state index contributed by atoms with van der Waals surface area (Å²) in [5.41, 5.74) is 1.59. The van der Waals surface area contributed by atoms with E-state index < -0.39 is 0 Å². The Hall–Kier alpha value is -1.07. The molecule has 0 heterocycles. The SMILES string of the molecule is C=Cc1cccc(C#N)c1Br. The summed E-state index contributed by atoms with van der Waals surface area (Å²) >= 11 is 3.31. The zero-order valence-electron chi connectivity index (χ0n) is 5.84. The van der Waals surface area contributed by atoms with Crippen LogP contribution in [0.5, 0.6) is 0 Å². The average Bonchev–Trinajstić information content (AvgIpc) is 2.05. The molecule has 1 aromatic rings. The first-order valence-corrected chi connectivity index (χ1v) is 3.90. The molecule has 0 aliphatic heterocycles. The number of hydrogen-bond acceptors (Lipinski definition) is 1. The van der Waals surface area contributed by atoms with Crippen LogP contribution in [0.1, 0.15) is 11.1 Å². The predicted molar refractivity (Wildman–Crippen MR) is 48.9 cm³/mol. The highest BCUT2D eigenvalue weighted by Crippen LogP contribution is 2.21. The minimum Gasteiger partial charge on any atom is -0.192 e. The van der Waals surface area contributed by atoms with E-state index in [1.807, 2.05) is 12.1 Å². The van der Waals surface area contributed by atoms with E-state index in [1.54, 1.807) is 12.1 Å². The number of halogens is 1. The van der Waals surface area contributed by atoms with Crippen molar-refractivity contribution in [3.63, 3.8) is 0 Å². The van der Waals surface area contributed by atoms with Gasteiger partial charge in [-0.3, -0.25) is 0 Å². The van der Waals surface area contributed by atoms with Gasteiger partial charge in [0.25, 0.3) is 0 Å². The van der Waals surface area contributed by atoms with Crippen LogP contribution in [0.15, 0.2) is 29.3 Å². The number of nitriles is 1. The van der Waals surface area contributed by atoms with Gasteiger partial charge in [-0.15, -0.1) is 0 Å². The van der Waals surface area contributed by atoms with E-state index in [-0.39, 0.29) is 0 Å². The number of rotatable bonds is 1. The largest absolute Gasteiger partial charge is 0.192 e. The topological polar surface area (TPSA) is 23.8 Å². The summed E-state index contributed by atoms with van der Waals surface area (Å²) in [6.07, 6.45) is 1.71. The lowest BCUT2D eigenvalue weighted by Crippen LogP contribution is -1.80. The van der Waals surface area contributed by atoms with Crippen molar-refractivity contribution in [3.8, 4) is 6.07 Å². The van der Waals surface area contributed by atoms with E-state index in [4.69, 9.17) is 5.26 Å². The molecule has 0 fully saturated rings. The van der Waals surface area contributed by atoms with Crippen LogP contribution in [0.25, 0.3) is 6.08 Å². The number of benzene rings is 1. The Labute approximate surface area is 74.1 Å². The molecule has 1 aromatic carbocycles. The zero-order chi connectivity index (χ0) is 8.27. The first-order chi connectivity index (χ1) is 5.29. The molecule has 1 rings (SSSR count). The Kier molecular flexibility index (Phi) is 2.45. The van der Waals surface area contributed by atoms with Crippen LogP contribution in [-0.4, -0.2) is 0 Å². The minimum absolute atomic E-state index is 0.641. The quantitative estimate of drug-likeness (QED) is 0.695. The highest BCUT2D eigenvalue weighted by atomic mass is 79.9. The minimum atomic E-state index is 0.641.